The molecule has 0 aliphatic carbocycles. The molecule has 1 saturated heterocycles. The van der Waals surface area contributed by atoms with Crippen molar-refractivity contribution in [3.63, 3.8) is 0 Å². The van der Waals surface area contributed by atoms with Crippen molar-refractivity contribution in [2.75, 3.05) is 47.4 Å². The van der Waals surface area contributed by atoms with Crippen LogP contribution in [0.25, 0.3) is 0 Å². The minimum atomic E-state index is 0. The zero-order valence-corrected chi connectivity index (χ0v) is 21.3. The Morgan fingerprint density at radius 3 is 2.03 bits per heavy atom. The lowest BCUT2D eigenvalue weighted by Gasteiger charge is -2.20. The summed E-state index contributed by atoms with van der Waals surface area (Å²) >= 11 is 0. The monoisotopic (exact) mass is 537 g/mol. The molecular formula is C24H36IN5O. The zero-order chi connectivity index (χ0) is 21.2. The lowest BCUT2D eigenvalue weighted by atomic mass is 10.1. The molecule has 3 rings (SSSR count). The second kappa shape index (κ2) is 13.5. The quantitative estimate of drug-likeness (QED) is 0.323. The fourth-order valence-corrected chi connectivity index (χ4v) is 3.61. The molecule has 7 heteroatoms. The van der Waals surface area contributed by atoms with Crippen LogP contribution in [0.2, 0.25) is 0 Å². The number of hydrogen-bond acceptors (Lipinski definition) is 4. The number of aliphatic imine (C=N–C) groups is 1. The first-order valence-electron chi connectivity index (χ1n) is 10.7. The van der Waals surface area contributed by atoms with Crippen LogP contribution < -0.4 is 15.4 Å². The van der Waals surface area contributed by atoms with Gasteiger partial charge in [-0.25, -0.2) is 0 Å². The first-order valence-corrected chi connectivity index (χ1v) is 10.7. The van der Waals surface area contributed by atoms with Gasteiger partial charge in [-0.05, 0) is 55.4 Å². The maximum absolute atomic E-state index is 5.20. The normalized spacial score (nSPS) is 15.6. The molecule has 0 spiro atoms. The first kappa shape index (κ1) is 25.4. The summed E-state index contributed by atoms with van der Waals surface area (Å²) in [5, 5.41) is 6.75. The van der Waals surface area contributed by atoms with Gasteiger partial charge < -0.3 is 20.3 Å². The van der Waals surface area contributed by atoms with Crippen molar-refractivity contribution >= 4 is 29.9 Å². The van der Waals surface area contributed by atoms with E-state index in [1.165, 1.54) is 36.2 Å². The standard InChI is InChI=1S/C24H35N5O.HI/c1-25-24(27-18-21-9-11-23(30-3)12-10-21)26-17-20-5-7-22(8-6-20)19-29-14-4-13-28(2)15-16-29;/h5-12H,4,13-19H2,1-3H3,(H2,25,26,27);1H. The lowest BCUT2D eigenvalue weighted by molar-refractivity contribution is 0.269. The highest BCUT2D eigenvalue weighted by Crippen LogP contribution is 2.12. The predicted octanol–water partition coefficient (Wildman–Crippen LogP) is 3.32. The summed E-state index contributed by atoms with van der Waals surface area (Å²) in [6.45, 7) is 7.19. The third-order valence-corrected chi connectivity index (χ3v) is 5.54. The fourth-order valence-electron chi connectivity index (χ4n) is 3.61. The second-order valence-electron chi connectivity index (χ2n) is 7.88. The van der Waals surface area contributed by atoms with Gasteiger partial charge in [-0.1, -0.05) is 36.4 Å². The van der Waals surface area contributed by atoms with Crippen molar-refractivity contribution < 1.29 is 4.74 Å². The molecule has 0 bridgehead atoms. The molecule has 1 heterocycles. The van der Waals surface area contributed by atoms with Gasteiger partial charge in [0.1, 0.15) is 5.75 Å². The van der Waals surface area contributed by atoms with Gasteiger partial charge in [-0.3, -0.25) is 9.89 Å². The molecule has 170 valence electrons. The van der Waals surface area contributed by atoms with E-state index in [0.717, 1.165) is 37.9 Å². The topological polar surface area (TPSA) is 52.1 Å². The van der Waals surface area contributed by atoms with Gasteiger partial charge in [0.15, 0.2) is 5.96 Å². The van der Waals surface area contributed by atoms with E-state index in [0.29, 0.717) is 6.54 Å². The van der Waals surface area contributed by atoms with E-state index in [1.807, 2.05) is 12.1 Å². The molecule has 0 amide bonds. The Labute approximate surface area is 204 Å². The number of benzene rings is 2. The van der Waals surface area contributed by atoms with Crippen LogP contribution in [0.5, 0.6) is 5.75 Å². The molecule has 2 N–H and O–H groups in total. The Balaban J connectivity index is 0.00000341. The maximum Gasteiger partial charge on any atom is 0.191 e. The van der Waals surface area contributed by atoms with Crippen LogP contribution in [0.4, 0.5) is 0 Å². The van der Waals surface area contributed by atoms with Crippen LogP contribution >= 0.6 is 24.0 Å². The number of nitrogens with one attached hydrogen (secondary N) is 2. The minimum absolute atomic E-state index is 0. The minimum Gasteiger partial charge on any atom is -0.497 e. The zero-order valence-electron chi connectivity index (χ0n) is 18.9. The average molecular weight is 537 g/mol. The van der Waals surface area contributed by atoms with Gasteiger partial charge in [0.05, 0.1) is 7.11 Å². The van der Waals surface area contributed by atoms with Crippen molar-refractivity contribution in [1.82, 2.24) is 20.4 Å². The van der Waals surface area contributed by atoms with Crippen LogP contribution in [0.3, 0.4) is 0 Å². The largest absolute Gasteiger partial charge is 0.497 e. The Morgan fingerprint density at radius 1 is 0.871 bits per heavy atom. The summed E-state index contributed by atoms with van der Waals surface area (Å²) in [6, 6.07) is 17.0. The number of hydrogen-bond donors (Lipinski definition) is 2. The van der Waals surface area contributed by atoms with Crippen LogP contribution in [0.1, 0.15) is 23.1 Å². The smallest absolute Gasteiger partial charge is 0.191 e. The fraction of sp³-hybridized carbons (Fsp3) is 0.458. The Hall–Kier alpha value is -1.84. The predicted molar refractivity (Wildman–Crippen MR) is 139 cm³/mol. The van der Waals surface area contributed by atoms with Crippen LogP contribution in [0.15, 0.2) is 53.5 Å². The third-order valence-electron chi connectivity index (χ3n) is 5.54. The third kappa shape index (κ3) is 8.66. The number of guanidine groups is 1. The summed E-state index contributed by atoms with van der Waals surface area (Å²) in [6.07, 6.45) is 1.25. The van der Waals surface area contributed by atoms with Gasteiger partial charge in [0.25, 0.3) is 0 Å². The van der Waals surface area contributed by atoms with Gasteiger partial charge in [-0.2, -0.15) is 0 Å². The van der Waals surface area contributed by atoms with E-state index in [-0.39, 0.29) is 24.0 Å². The first-order chi connectivity index (χ1) is 14.7. The lowest BCUT2D eigenvalue weighted by Crippen LogP contribution is -2.36. The average Bonchev–Trinajstić information content (AvgIpc) is 2.99. The summed E-state index contributed by atoms with van der Waals surface area (Å²) in [5.41, 5.74) is 3.81. The van der Waals surface area contributed by atoms with Gasteiger partial charge in [-0.15, -0.1) is 24.0 Å². The highest BCUT2D eigenvalue weighted by molar-refractivity contribution is 14.0. The van der Waals surface area contributed by atoms with E-state index in [4.69, 9.17) is 4.74 Å². The number of likely N-dealkylation sites (N-methyl/N-ethyl adjacent to an activating group) is 1. The van der Waals surface area contributed by atoms with E-state index in [2.05, 4.69) is 68.9 Å². The molecule has 1 aliphatic heterocycles. The Morgan fingerprint density at radius 2 is 1.45 bits per heavy atom. The van der Waals surface area contributed by atoms with E-state index in [9.17, 15) is 0 Å². The molecule has 1 aliphatic rings. The molecule has 6 nitrogen and oxygen atoms in total. The van der Waals surface area contributed by atoms with E-state index < -0.39 is 0 Å². The molecule has 0 radical (unpaired) electrons. The molecule has 0 atom stereocenters. The van der Waals surface area contributed by atoms with E-state index in [1.54, 1.807) is 14.2 Å². The summed E-state index contributed by atoms with van der Waals surface area (Å²) in [7, 11) is 5.69. The molecule has 0 unspecified atom stereocenters. The van der Waals surface area contributed by atoms with Gasteiger partial charge >= 0.3 is 0 Å². The molecule has 0 saturated carbocycles. The van der Waals surface area contributed by atoms with Crippen molar-refractivity contribution in [2.45, 2.75) is 26.1 Å². The SMILES string of the molecule is CN=C(NCc1ccc(CN2CCCN(C)CC2)cc1)NCc1ccc(OC)cc1.I. The highest BCUT2D eigenvalue weighted by Gasteiger charge is 2.12. The van der Waals surface area contributed by atoms with Crippen molar-refractivity contribution in [3.05, 3.63) is 65.2 Å². The Bertz CT molecular complexity index is 795. The summed E-state index contributed by atoms with van der Waals surface area (Å²) in [4.78, 5) is 9.30. The summed E-state index contributed by atoms with van der Waals surface area (Å²) < 4.78 is 5.20. The Kier molecular flexibility index (Phi) is 11.1. The second-order valence-corrected chi connectivity index (χ2v) is 7.88. The highest BCUT2D eigenvalue weighted by atomic mass is 127. The number of ether oxygens (including phenoxy) is 1. The number of halogens is 1. The molecule has 31 heavy (non-hydrogen) atoms. The van der Waals surface area contributed by atoms with Crippen molar-refractivity contribution in [1.29, 1.82) is 0 Å². The van der Waals surface area contributed by atoms with E-state index >= 15 is 0 Å². The van der Waals surface area contributed by atoms with Crippen molar-refractivity contribution in [2.24, 2.45) is 4.99 Å². The van der Waals surface area contributed by atoms with Crippen LogP contribution in [-0.2, 0) is 19.6 Å². The van der Waals surface area contributed by atoms with Crippen LogP contribution in [-0.4, -0.2) is 63.1 Å². The van der Waals surface area contributed by atoms with Gasteiger partial charge in [0, 0.05) is 39.8 Å². The molecule has 2 aromatic rings. The van der Waals surface area contributed by atoms with Crippen LogP contribution in [0, 0.1) is 0 Å². The number of nitrogens with zero attached hydrogens (tertiary/aromatic N) is 3. The maximum atomic E-state index is 5.20. The van der Waals surface area contributed by atoms with Crippen molar-refractivity contribution in [3.8, 4) is 5.75 Å². The number of rotatable bonds is 7. The molecular weight excluding hydrogens is 501 g/mol. The molecule has 0 aromatic heterocycles. The number of methoxy groups -OCH3 is 1. The van der Waals surface area contributed by atoms with Gasteiger partial charge in [0.2, 0.25) is 0 Å². The summed E-state index contributed by atoms with van der Waals surface area (Å²) in [5.74, 6) is 1.66. The molecule has 2 aromatic carbocycles. The molecule has 1 fully saturated rings.